The summed E-state index contributed by atoms with van der Waals surface area (Å²) in [5.41, 5.74) is 13.2. The zero-order valence-electron chi connectivity index (χ0n) is 31.3. The number of hydrogen-bond donors (Lipinski definition) is 0. The Morgan fingerprint density at radius 1 is 0.431 bits per heavy atom. The molecule has 0 radical (unpaired) electrons. The minimum atomic E-state index is 0.876. The molecule has 12 rings (SSSR count). The summed E-state index contributed by atoms with van der Waals surface area (Å²) in [4.78, 5) is 2.40. The molecule has 0 fully saturated rings. The molecule has 272 valence electrons. The molecule has 0 aliphatic rings. The Morgan fingerprint density at radius 2 is 1.07 bits per heavy atom. The maximum absolute atomic E-state index is 6.71. The van der Waals surface area contributed by atoms with Gasteiger partial charge in [-0.25, -0.2) is 0 Å². The number of hydrogen-bond acceptors (Lipinski definition) is 3. The number of rotatable bonds is 6. The number of fused-ring (bicyclic) bond motifs is 9. The molecule has 0 saturated carbocycles. The van der Waals surface area contributed by atoms with Gasteiger partial charge < -0.3 is 13.9 Å². The van der Waals surface area contributed by atoms with Crippen LogP contribution in [0.4, 0.5) is 17.1 Å². The largest absolute Gasteiger partial charge is 0.456 e. The lowest BCUT2D eigenvalue weighted by Crippen LogP contribution is -2.10. The number of aromatic nitrogens is 1. The van der Waals surface area contributed by atoms with E-state index in [-0.39, 0.29) is 0 Å². The highest BCUT2D eigenvalue weighted by Gasteiger charge is 2.25. The van der Waals surface area contributed by atoms with Gasteiger partial charge in [0.05, 0.1) is 21.4 Å². The normalized spacial score (nSPS) is 11.8. The number of anilines is 3. The Hall–Kier alpha value is -7.40. The third-order valence-electron chi connectivity index (χ3n) is 11.6. The van der Waals surface area contributed by atoms with Gasteiger partial charge in [0.25, 0.3) is 0 Å². The van der Waals surface area contributed by atoms with Crippen molar-refractivity contribution >= 4 is 92.3 Å². The summed E-state index contributed by atoms with van der Waals surface area (Å²) in [6.07, 6.45) is 0. The molecule has 0 atom stereocenters. The van der Waals surface area contributed by atoms with Gasteiger partial charge in [0.15, 0.2) is 0 Å². The molecule has 0 saturated heterocycles. The molecule has 0 N–H and O–H groups in total. The van der Waals surface area contributed by atoms with Gasteiger partial charge in [0.1, 0.15) is 11.2 Å². The maximum atomic E-state index is 6.71. The molecular formula is C54H34N2OS. The Balaban J connectivity index is 1.14. The van der Waals surface area contributed by atoms with E-state index in [1.807, 2.05) is 11.3 Å². The van der Waals surface area contributed by atoms with Gasteiger partial charge in [0.2, 0.25) is 0 Å². The molecule has 3 heterocycles. The summed E-state index contributed by atoms with van der Waals surface area (Å²) in [5.74, 6) is 0. The predicted octanol–water partition coefficient (Wildman–Crippen LogP) is 15.9. The molecule has 12 aromatic rings. The third-order valence-corrected chi connectivity index (χ3v) is 12.8. The minimum Gasteiger partial charge on any atom is -0.456 e. The highest BCUT2D eigenvalue weighted by atomic mass is 32.1. The number of para-hydroxylation sites is 2. The molecule has 4 heteroatoms. The molecule has 58 heavy (non-hydrogen) atoms. The van der Waals surface area contributed by atoms with Crippen LogP contribution >= 0.6 is 11.3 Å². The topological polar surface area (TPSA) is 21.3 Å². The van der Waals surface area contributed by atoms with Crippen LogP contribution in [0.3, 0.4) is 0 Å². The van der Waals surface area contributed by atoms with E-state index < -0.39 is 0 Å². The Labute approximate surface area is 338 Å². The molecular weight excluding hydrogens is 725 g/mol. The van der Waals surface area contributed by atoms with Crippen LogP contribution in [-0.4, -0.2) is 4.57 Å². The van der Waals surface area contributed by atoms with Gasteiger partial charge in [-0.3, -0.25) is 0 Å². The lowest BCUT2D eigenvalue weighted by Gasteiger charge is -2.26. The van der Waals surface area contributed by atoms with Crippen molar-refractivity contribution < 1.29 is 4.42 Å². The predicted molar refractivity (Wildman–Crippen MR) is 247 cm³/mol. The number of benzene rings is 9. The monoisotopic (exact) mass is 758 g/mol. The minimum absolute atomic E-state index is 0.876. The van der Waals surface area contributed by atoms with E-state index in [1.165, 1.54) is 53.3 Å². The number of furan rings is 1. The van der Waals surface area contributed by atoms with Crippen LogP contribution in [0.2, 0.25) is 0 Å². The van der Waals surface area contributed by atoms with Crippen molar-refractivity contribution in [2.24, 2.45) is 0 Å². The van der Waals surface area contributed by atoms with Crippen molar-refractivity contribution in [1.82, 2.24) is 4.57 Å². The Bertz CT molecular complexity index is 3490. The fraction of sp³-hybridized carbons (Fsp3) is 0. The van der Waals surface area contributed by atoms with Crippen LogP contribution in [0, 0.1) is 0 Å². The van der Waals surface area contributed by atoms with Crippen LogP contribution in [0.1, 0.15) is 0 Å². The van der Waals surface area contributed by atoms with Crippen LogP contribution in [0.15, 0.2) is 211 Å². The maximum Gasteiger partial charge on any atom is 0.138 e. The Morgan fingerprint density at radius 3 is 1.86 bits per heavy atom. The average Bonchev–Trinajstić information content (AvgIpc) is 3.97. The standard InChI is InChI=1S/C54H34N2OS/c1-4-16-35(17-5-1)40-24-14-26-44-51(40)53-46(34-48-52(43-23-10-12-28-47(43)57-48)50(53)36-18-6-2-7-19-36)56(44)39-32-30-38(31-33-39)55(37-20-8-3-9-21-37)45-27-15-25-42-41-22-11-13-29-49(41)58-54(42)45/h1-34H. The Kier molecular flexibility index (Phi) is 7.40. The van der Waals surface area contributed by atoms with Crippen molar-refractivity contribution in [3.8, 4) is 27.9 Å². The molecule has 0 aliphatic heterocycles. The van der Waals surface area contributed by atoms with E-state index in [4.69, 9.17) is 4.42 Å². The van der Waals surface area contributed by atoms with E-state index in [2.05, 4.69) is 216 Å². The zero-order valence-corrected chi connectivity index (χ0v) is 32.2. The average molecular weight is 759 g/mol. The number of thiophene rings is 1. The fourth-order valence-electron chi connectivity index (χ4n) is 9.12. The van der Waals surface area contributed by atoms with Gasteiger partial charge in [0, 0.05) is 65.7 Å². The van der Waals surface area contributed by atoms with Crippen molar-refractivity contribution in [3.05, 3.63) is 206 Å². The second kappa shape index (κ2) is 13.1. The van der Waals surface area contributed by atoms with Gasteiger partial charge >= 0.3 is 0 Å². The first-order valence-electron chi connectivity index (χ1n) is 19.7. The first-order valence-corrected chi connectivity index (χ1v) is 20.5. The van der Waals surface area contributed by atoms with Crippen LogP contribution < -0.4 is 4.90 Å². The van der Waals surface area contributed by atoms with Crippen LogP contribution in [0.25, 0.3) is 91.9 Å². The van der Waals surface area contributed by atoms with Gasteiger partial charge in [-0.1, -0.05) is 140 Å². The zero-order chi connectivity index (χ0) is 38.2. The SMILES string of the molecule is c1ccc(-c2cccc3c2c2c(-c4ccccc4)c4c(cc2n3-c2ccc(N(c3ccccc3)c3cccc5c3sc3ccccc35)cc2)oc2ccccc24)cc1. The lowest BCUT2D eigenvalue weighted by molar-refractivity contribution is 0.669. The summed E-state index contributed by atoms with van der Waals surface area (Å²) in [6, 6.07) is 74.2. The quantitative estimate of drug-likeness (QED) is 0.168. The highest BCUT2D eigenvalue weighted by molar-refractivity contribution is 7.26. The molecule has 9 aromatic carbocycles. The fourth-order valence-corrected chi connectivity index (χ4v) is 10.3. The van der Waals surface area contributed by atoms with Crippen LogP contribution in [0.5, 0.6) is 0 Å². The highest BCUT2D eigenvalue weighted by Crippen LogP contribution is 2.49. The van der Waals surface area contributed by atoms with Gasteiger partial charge in [-0.2, -0.15) is 0 Å². The molecule has 0 unspecified atom stereocenters. The first kappa shape index (κ1) is 32.8. The number of nitrogens with zero attached hydrogens (tertiary/aromatic N) is 2. The van der Waals surface area contributed by atoms with Gasteiger partial charge in [-0.15, -0.1) is 11.3 Å². The van der Waals surface area contributed by atoms with Crippen molar-refractivity contribution in [2.75, 3.05) is 4.90 Å². The van der Waals surface area contributed by atoms with Gasteiger partial charge in [-0.05, 0) is 77.4 Å². The third kappa shape index (κ3) is 4.99. The smallest absolute Gasteiger partial charge is 0.138 e. The van der Waals surface area contributed by atoms with E-state index >= 15 is 0 Å². The summed E-state index contributed by atoms with van der Waals surface area (Å²) in [6.45, 7) is 0. The second-order valence-electron chi connectivity index (χ2n) is 14.8. The van der Waals surface area contributed by atoms with E-state index in [0.29, 0.717) is 0 Å². The van der Waals surface area contributed by atoms with E-state index in [1.54, 1.807) is 0 Å². The van der Waals surface area contributed by atoms with E-state index in [9.17, 15) is 0 Å². The molecule has 3 aromatic heterocycles. The van der Waals surface area contributed by atoms with Crippen LogP contribution in [-0.2, 0) is 0 Å². The summed E-state index contributed by atoms with van der Waals surface area (Å²) >= 11 is 1.86. The molecule has 0 spiro atoms. The van der Waals surface area contributed by atoms with Crippen molar-refractivity contribution in [3.63, 3.8) is 0 Å². The molecule has 0 amide bonds. The first-order chi connectivity index (χ1) is 28.8. The summed E-state index contributed by atoms with van der Waals surface area (Å²) in [7, 11) is 0. The molecule has 0 bridgehead atoms. The lowest BCUT2D eigenvalue weighted by atomic mass is 9.92. The summed E-state index contributed by atoms with van der Waals surface area (Å²) in [5, 5.41) is 7.27. The summed E-state index contributed by atoms with van der Waals surface area (Å²) < 4.78 is 11.7. The van der Waals surface area contributed by atoms with Crippen molar-refractivity contribution in [2.45, 2.75) is 0 Å². The molecule has 0 aliphatic carbocycles. The molecule has 3 nitrogen and oxygen atoms in total. The second-order valence-corrected chi connectivity index (χ2v) is 15.9. The van der Waals surface area contributed by atoms with Crippen molar-refractivity contribution in [1.29, 1.82) is 0 Å². The van der Waals surface area contributed by atoms with E-state index in [0.717, 1.165) is 55.6 Å².